The molecule has 0 aromatic heterocycles. The van der Waals surface area contributed by atoms with Crippen molar-refractivity contribution in [3.63, 3.8) is 0 Å². The Morgan fingerprint density at radius 3 is 1.63 bits per heavy atom. The summed E-state index contributed by atoms with van der Waals surface area (Å²) in [5.41, 5.74) is 0. The van der Waals surface area contributed by atoms with Crippen LogP contribution in [-0.4, -0.2) is 18.3 Å². The van der Waals surface area contributed by atoms with E-state index in [9.17, 15) is 4.79 Å². The third-order valence-corrected chi connectivity index (χ3v) is 5.19. The second-order valence-electron chi connectivity index (χ2n) is 7.69. The molecule has 0 radical (unpaired) electrons. The van der Waals surface area contributed by atoms with Gasteiger partial charge in [-0.3, -0.25) is 4.79 Å². The summed E-state index contributed by atoms with van der Waals surface area (Å²) in [6.07, 6.45) is 27.9. The second-order valence-corrected chi connectivity index (χ2v) is 8.14. The molecule has 0 aliphatic rings. The lowest BCUT2D eigenvalue weighted by molar-refractivity contribution is -0.142. The number of esters is 1. The fraction of sp³-hybridized carbons (Fsp3) is 0.875. The first kappa shape index (κ1) is 26.6. The van der Waals surface area contributed by atoms with Crippen LogP contribution in [0.15, 0.2) is 12.2 Å². The summed E-state index contributed by atoms with van der Waals surface area (Å²) in [4.78, 5) is 11.3. The molecule has 0 bridgehead atoms. The van der Waals surface area contributed by atoms with Gasteiger partial charge in [-0.25, -0.2) is 0 Å². The summed E-state index contributed by atoms with van der Waals surface area (Å²) in [5.74, 6) is 0.488. The van der Waals surface area contributed by atoms with E-state index in [4.69, 9.17) is 4.74 Å². The highest BCUT2D eigenvalue weighted by atomic mass is 32.1. The van der Waals surface area contributed by atoms with E-state index in [1.54, 1.807) is 0 Å². The van der Waals surface area contributed by atoms with Crippen LogP contribution < -0.4 is 0 Å². The molecule has 0 aromatic rings. The molecule has 0 heterocycles. The minimum absolute atomic E-state index is 0.110. The van der Waals surface area contributed by atoms with Crippen molar-refractivity contribution >= 4 is 18.6 Å². The first-order chi connectivity index (χ1) is 13.3. The van der Waals surface area contributed by atoms with Crippen LogP contribution in [0.3, 0.4) is 0 Å². The van der Waals surface area contributed by atoms with Crippen LogP contribution in [0.25, 0.3) is 0 Å². The molecule has 0 unspecified atom stereocenters. The van der Waals surface area contributed by atoms with Gasteiger partial charge in [0.1, 0.15) is 6.61 Å². The summed E-state index contributed by atoms with van der Waals surface area (Å²) < 4.78 is 4.98. The largest absolute Gasteiger partial charge is 0.465 e. The maximum Gasteiger partial charge on any atom is 0.306 e. The summed E-state index contributed by atoms with van der Waals surface area (Å²) in [7, 11) is 0. The van der Waals surface area contributed by atoms with Gasteiger partial charge in [-0.2, -0.15) is 12.6 Å². The molecule has 27 heavy (non-hydrogen) atoms. The maximum atomic E-state index is 11.3. The zero-order valence-electron chi connectivity index (χ0n) is 18.1. The van der Waals surface area contributed by atoms with Gasteiger partial charge >= 0.3 is 5.97 Å². The molecule has 0 N–H and O–H groups in total. The number of carbonyl (C=O) groups is 1. The van der Waals surface area contributed by atoms with Gasteiger partial charge in [-0.05, 0) is 19.3 Å². The Labute approximate surface area is 175 Å². The third-order valence-electron chi connectivity index (χ3n) is 5.01. The van der Waals surface area contributed by atoms with Gasteiger partial charge in [0.25, 0.3) is 0 Å². The maximum absolute atomic E-state index is 11.3. The standard InChI is InChI=1S/C24H46O2S/c1-2-3-4-5-6-7-8-9-10-11-12-13-14-15-16-17-18-19-20-21-24(25)26-22-23-27/h18-19,27H,2-17,20-23H2,1H3/b19-18+. The van der Waals surface area contributed by atoms with Crippen LogP contribution in [0.1, 0.15) is 122 Å². The Hall–Kier alpha value is -0.440. The molecule has 0 aliphatic heterocycles. The Kier molecular flexibility index (Phi) is 23.2. The van der Waals surface area contributed by atoms with E-state index in [0.717, 1.165) is 12.8 Å². The molecule has 0 atom stereocenters. The number of hydrogen-bond acceptors (Lipinski definition) is 3. The lowest BCUT2D eigenvalue weighted by Crippen LogP contribution is -2.05. The fourth-order valence-corrected chi connectivity index (χ4v) is 3.39. The number of ether oxygens (including phenoxy) is 1. The topological polar surface area (TPSA) is 26.3 Å². The molecule has 0 saturated heterocycles. The van der Waals surface area contributed by atoms with Crippen LogP contribution in [0, 0.1) is 0 Å². The predicted octanol–water partition coefficient (Wildman–Crippen LogP) is 8.06. The van der Waals surface area contributed by atoms with Crippen molar-refractivity contribution in [1.29, 1.82) is 0 Å². The molecule has 0 rings (SSSR count). The molecule has 0 saturated carbocycles. The highest BCUT2D eigenvalue weighted by Gasteiger charge is 1.99. The average Bonchev–Trinajstić information content (AvgIpc) is 2.68. The van der Waals surface area contributed by atoms with E-state index in [1.165, 1.54) is 96.3 Å². The second kappa shape index (κ2) is 23.6. The van der Waals surface area contributed by atoms with Crippen LogP contribution in [0.4, 0.5) is 0 Å². The van der Waals surface area contributed by atoms with Gasteiger partial charge in [-0.15, -0.1) is 0 Å². The number of unbranched alkanes of at least 4 members (excludes halogenated alkanes) is 15. The number of carbonyl (C=O) groups excluding carboxylic acids is 1. The number of rotatable bonds is 21. The summed E-state index contributed by atoms with van der Waals surface area (Å²) in [5, 5.41) is 0. The molecular weight excluding hydrogens is 352 g/mol. The number of allylic oxidation sites excluding steroid dienone is 2. The van der Waals surface area contributed by atoms with Crippen molar-refractivity contribution < 1.29 is 9.53 Å². The number of hydrogen-bond donors (Lipinski definition) is 1. The van der Waals surface area contributed by atoms with Gasteiger partial charge in [-0.1, -0.05) is 109 Å². The summed E-state index contributed by atoms with van der Waals surface area (Å²) in [6, 6.07) is 0. The van der Waals surface area contributed by atoms with Crippen LogP contribution in [0.2, 0.25) is 0 Å². The van der Waals surface area contributed by atoms with E-state index in [1.807, 2.05) is 0 Å². The van der Waals surface area contributed by atoms with Gasteiger partial charge in [0.05, 0.1) is 0 Å². The van der Waals surface area contributed by atoms with E-state index in [0.29, 0.717) is 18.8 Å². The predicted molar refractivity (Wildman–Crippen MR) is 123 cm³/mol. The summed E-state index contributed by atoms with van der Waals surface area (Å²) >= 11 is 4.02. The quantitative estimate of drug-likeness (QED) is 0.0915. The molecule has 0 fully saturated rings. The molecule has 160 valence electrons. The Balaban J connectivity index is 3.12. The number of thiol groups is 1. The molecule has 0 amide bonds. The lowest BCUT2D eigenvalue weighted by Gasteiger charge is -2.03. The smallest absolute Gasteiger partial charge is 0.306 e. The van der Waals surface area contributed by atoms with Crippen molar-refractivity contribution in [1.82, 2.24) is 0 Å². The molecule has 0 aliphatic carbocycles. The highest BCUT2D eigenvalue weighted by molar-refractivity contribution is 7.80. The van der Waals surface area contributed by atoms with Crippen LogP contribution in [0.5, 0.6) is 0 Å². The Bertz CT molecular complexity index is 328. The Morgan fingerprint density at radius 2 is 1.15 bits per heavy atom. The van der Waals surface area contributed by atoms with E-state index in [2.05, 4.69) is 31.7 Å². The Morgan fingerprint density at radius 1 is 0.704 bits per heavy atom. The van der Waals surface area contributed by atoms with E-state index in [-0.39, 0.29) is 5.97 Å². The van der Waals surface area contributed by atoms with Gasteiger partial charge in [0.15, 0.2) is 0 Å². The molecule has 0 aromatic carbocycles. The molecule has 3 heteroatoms. The van der Waals surface area contributed by atoms with E-state index >= 15 is 0 Å². The molecule has 0 spiro atoms. The van der Waals surface area contributed by atoms with Crippen molar-refractivity contribution in [3.05, 3.63) is 12.2 Å². The summed E-state index contributed by atoms with van der Waals surface area (Å²) in [6.45, 7) is 2.71. The average molecular weight is 399 g/mol. The third kappa shape index (κ3) is 23.5. The van der Waals surface area contributed by atoms with Crippen molar-refractivity contribution in [2.75, 3.05) is 12.4 Å². The van der Waals surface area contributed by atoms with Gasteiger partial charge < -0.3 is 4.74 Å². The zero-order chi connectivity index (χ0) is 19.8. The van der Waals surface area contributed by atoms with Crippen molar-refractivity contribution in [3.8, 4) is 0 Å². The fourth-order valence-electron chi connectivity index (χ4n) is 3.30. The first-order valence-electron chi connectivity index (χ1n) is 11.7. The van der Waals surface area contributed by atoms with Gasteiger partial charge in [0.2, 0.25) is 0 Å². The van der Waals surface area contributed by atoms with E-state index < -0.39 is 0 Å². The van der Waals surface area contributed by atoms with Crippen molar-refractivity contribution in [2.45, 2.75) is 122 Å². The highest BCUT2D eigenvalue weighted by Crippen LogP contribution is 2.13. The SMILES string of the molecule is CCCCCCCCCCCCCCCCC/C=C/CCC(=O)OCCS. The minimum Gasteiger partial charge on any atom is -0.465 e. The normalized spacial score (nSPS) is 11.3. The first-order valence-corrected chi connectivity index (χ1v) is 12.4. The van der Waals surface area contributed by atoms with Crippen LogP contribution in [-0.2, 0) is 9.53 Å². The minimum atomic E-state index is -0.110. The van der Waals surface area contributed by atoms with Gasteiger partial charge in [0, 0.05) is 12.2 Å². The monoisotopic (exact) mass is 398 g/mol. The van der Waals surface area contributed by atoms with Crippen LogP contribution >= 0.6 is 12.6 Å². The molecule has 2 nitrogen and oxygen atoms in total. The lowest BCUT2D eigenvalue weighted by atomic mass is 10.0. The van der Waals surface area contributed by atoms with Crippen molar-refractivity contribution in [2.24, 2.45) is 0 Å². The molecular formula is C24H46O2S. The zero-order valence-corrected chi connectivity index (χ0v) is 19.0.